The van der Waals surface area contributed by atoms with E-state index < -0.39 is 4.92 Å². The molecule has 1 amide bonds. The Morgan fingerprint density at radius 3 is 2.47 bits per heavy atom. The molecule has 30 heavy (non-hydrogen) atoms. The average molecular weight is 472 g/mol. The number of carbonyl (C=O) groups is 1. The highest BCUT2D eigenvalue weighted by molar-refractivity contribution is 9.10. The molecule has 0 saturated carbocycles. The van der Waals surface area contributed by atoms with E-state index in [-0.39, 0.29) is 23.7 Å². The molecule has 1 aliphatic rings. The molecule has 4 rings (SSSR count). The lowest BCUT2D eigenvalue weighted by Crippen LogP contribution is -2.50. The minimum atomic E-state index is -0.428. The molecule has 154 valence electrons. The predicted octanol–water partition coefficient (Wildman–Crippen LogP) is 2.42. The molecule has 1 aliphatic heterocycles. The van der Waals surface area contributed by atoms with Crippen LogP contribution in [0.5, 0.6) is 0 Å². The number of rotatable bonds is 4. The second-order valence-corrected chi connectivity index (χ2v) is 7.90. The first-order valence-electron chi connectivity index (χ1n) is 9.34. The minimum Gasteiger partial charge on any atom is -0.368 e. The Morgan fingerprint density at radius 1 is 1.10 bits per heavy atom. The van der Waals surface area contributed by atoms with Crippen LogP contribution in [0.2, 0.25) is 0 Å². The summed E-state index contributed by atoms with van der Waals surface area (Å²) in [5.41, 5.74) is 1.27. The summed E-state index contributed by atoms with van der Waals surface area (Å²) in [7, 11) is 0. The lowest BCUT2D eigenvalue weighted by atomic mass is 10.2. The van der Waals surface area contributed by atoms with Crippen molar-refractivity contribution in [3.8, 4) is 0 Å². The average Bonchev–Trinajstić information content (AvgIpc) is 2.76. The highest BCUT2D eigenvalue weighted by atomic mass is 79.9. The summed E-state index contributed by atoms with van der Waals surface area (Å²) in [6.07, 6.45) is 1.41. The van der Waals surface area contributed by atoms with Crippen molar-refractivity contribution in [2.45, 2.75) is 6.54 Å². The first-order chi connectivity index (χ1) is 14.4. The van der Waals surface area contributed by atoms with E-state index >= 15 is 0 Å². The van der Waals surface area contributed by atoms with Crippen molar-refractivity contribution >= 4 is 44.1 Å². The van der Waals surface area contributed by atoms with Gasteiger partial charge in [-0.3, -0.25) is 24.3 Å². The van der Waals surface area contributed by atoms with Gasteiger partial charge in [-0.2, -0.15) is 0 Å². The SMILES string of the molecule is O=C(Cn1cnc2ccc(Br)cc2c1=O)N1CCN(c2ccc([N+](=O)[O-])cc2)CC1. The summed E-state index contributed by atoms with van der Waals surface area (Å²) in [6, 6.07) is 11.7. The molecule has 1 aromatic heterocycles. The summed E-state index contributed by atoms with van der Waals surface area (Å²) in [6.45, 7) is 2.18. The molecule has 0 radical (unpaired) electrons. The van der Waals surface area contributed by atoms with Gasteiger partial charge in [0.25, 0.3) is 11.2 Å². The van der Waals surface area contributed by atoms with Gasteiger partial charge in [0.2, 0.25) is 5.91 Å². The first kappa shape index (κ1) is 20.0. The Bertz CT molecular complexity index is 1170. The molecule has 0 spiro atoms. The van der Waals surface area contributed by atoms with Crippen LogP contribution in [-0.4, -0.2) is 51.5 Å². The summed E-state index contributed by atoms with van der Waals surface area (Å²) in [5.74, 6) is -0.142. The van der Waals surface area contributed by atoms with Gasteiger partial charge in [-0.1, -0.05) is 15.9 Å². The molecular formula is C20H18BrN5O4. The third-order valence-corrected chi connectivity index (χ3v) is 5.64. The standard InChI is InChI=1S/C20H18BrN5O4/c21-14-1-6-18-17(11-14)20(28)25(13-22-18)12-19(27)24-9-7-23(8-10-24)15-2-4-16(5-3-15)26(29)30/h1-6,11,13H,7-10,12H2. The van der Waals surface area contributed by atoms with E-state index in [9.17, 15) is 19.7 Å². The molecule has 0 aliphatic carbocycles. The topological polar surface area (TPSA) is 102 Å². The molecule has 9 nitrogen and oxygen atoms in total. The van der Waals surface area contributed by atoms with Crippen molar-refractivity contribution in [2.75, 3.05) is 31.1 Å². The minimum absolute atomic E-state index is 0.0500. The van der Waals surface area contributed by atoms with Crippen LogP contribution < -0.4 is 10.5 Å². The molecular weight excluding hydrogens is 454 g/mol. The number of nitrogens with zero attached hydrogens (tertiary/aromatic N) is 5. The van der Waals surface area contributed by atoms with Crippen molar-refractivity contribution in [3.63, 3.8) is 0 Å². The predicted molar refractivity (Wildman–Crippen MR) is 116 cm³/mol. The summed E-state index contributed by atoms with van der Waals surface area (Å²) in [5, 5.41) is 11.2. The lowest BCUT2D eigenvalue weighted by Gasteiger charge is -2.36. The van der Waals surface area contributed by atoms with Crippen LogP contribution in [0.1, 0.15) is 0 Å². The maximum absolute atomic E-state index is 12.7. The summed E-state index contributed by atoms with van der Waals surface area (Å²) < 4.78 is 2.11. The smallest absolute Gasteiger partial charge is 0.269 e. The highest BCUT2D eigenvalue weighted by Gasteiger charge is 2.22. The Kier molecular flexibility index (Phi) is 5.49. The van der Waals surface area contributed by atoms with Crippen LogP contribution in [0.15, 0.2) is 58.1 Å². The van der Waals surface area contributed by atoms with Crippen LogP contribution in [0.3, 0.4) is 0 Å². The fraction of sp³-hybridized carbons (Fsp3) is 0.250. The van der Waals surface area contributed by atoms with Crippen LogP contribution >= 0.6 is 15.9 Å². The molecule has 10 heteroatoms. The van der Waals surface area contributed by atoms with Crippen LogP contribution in [0, 0.1) is 10.1 Å². The zero-order chi connectivity index (χ0) is 21.3. The molecule has 1 saturated heterocycles. The second-order valence-electron chi connectivity index (χ2n) is 6.98. The highest BCUT2D eigenvalue weighted by Crippen LogP contribution is 2.21. The largest absolute Gasteiger partial charge is 0.368 e. The summed E-state index contributed by atoms with van der Waals surface area (Å²) in [4.78, 5) is 43.8. The van der Waals surface area contributed by atoms with Gasteiger partial charge < -0.3 is 9.80 Å². The van der Waals surface area contributed by atoms with Crippen molar-refractivity contribution in [1.82, 2.24) is 14.5 Å². The Labute approximate surface area is 179 Å². The number of carbonyl (C=O) groups excluding carboxylic acids is 1. The summed E-state index contributed by atoms with van der Waals surface area (Å²) >= 11 is 3.35. The van der Waals surface area contributed by atoms with Gasteiger partial charge in [-0.05, 0) is 30.3 Å². The van der Waals surface area contributed by atoms with Gasteiger partial charge >= 0.3 is 0 Å². The third-order valence-electron chi connectivity index (χ3n) is 5.15. The van der Waals surface area contributed by atoms with E-state index in [1.165, 1.54) is 23.0 Å². The first-order valence-corrected chi connectivity index (χ1v) is 10.1. The fourth-order valence-electron chi connectivity index (χ4n) is 3.49. The number of amides is 1. The normalized spacial score (nSPS) is 14.2. The molecule has 1 fully saturated rings. The number of fused-ring (bicyclic) bond motifs is 1. The number of aromatic nitrogens is 2. The van der Waals surface area contributed by atoms with E-state index in [1.54, 1.807) is 29.2 Å². The van der Waals surface area contributed by atoms with Gasteiger partial charge in [0, 0.05) is 48.5 Å². The number of hydrogen-bond donors (Lipinski definition) is 0. The number of benzene rings is 2. The number of halogens is 1. The molecule has 0 unspecified atom stereocenters. The van der Waals surface area contributed by atoms with Crippen LogP contribution in [-0.2, 0) is 11.3 Å². The number of piperazine rings is 1. The zero-order valence-corrected chi connectivity index (χ0v) is 17.5. The quantitative estimate of drug-likeness (QED) is 0.427. The molecule has 0 atom stereocenters. The van der Waals surface area contributed by atoms with Gasteiger partial charge in [0.1, 0.15) is 6.54 Å². The van der Waals surface area contributed by atoms with Crippen molar-refractivity contribution in [3.05, 3.63) is 73.7 Å². The van der Waals surface area contributed by atoms with Crippen molar-refractivity contribution in [2.24, 2.45) is 0 Å². The van der Waals surface area contributed by atoms with E-state index in [0.29, 0.717) is 37.1 Å². The third kappa shape index (κ3) is 4.04. The van der Waals surface area contributed by atoms with E-state index in [1.807, 2.05) is 6.07 Å². The monoisotopic (exact) mass is 471 g/mol. The Balaban J connectivity index is 1.41. The number of nitro benzene ring substituents is 1. The maximum Gasteiger partial charge on any atom is 0.269 e. The number of nitro groups is 1. The second kappa shape index (κ2) is 8.23. The van der Waals surface area contributed by atoms with Crippen LogP contribution in [0.25, 0.3) is 10.9 Å². The van der Waals surface area contributed by atoms with Crippen molar-refractivity contribution in [1.29, 1.82) is 0 Å². The van der Waals surface area contributed by atoms with E-state index in [4.69, 9.17) is 0 Å². The maximum atomic E-state index is 12.7. The Hall–Kier alpha value is -3.27. The molecule has 2 heterocycles. The Morgan fingerprint density at radius 2 is 1.80 bits per heavy atom. The van der Waals surface area contributed by atoms with Gasteiger partial charge in [-0.15, -0.1) is 0 Å². The zero-order valence-electron chi connectivity index (χ0n) is 15.9. The van der Waals surface area contributed by atoms with Crippen molar-refractivity contribution < 1.29 is 9.72 Å². The molecule has 2 aromatic carbocycles. The molecule has 0 N–H and O–H groups in total. The number of hydrogen-bond acceptors (Lipinski definition) is 6. The number of anilines is 1. The van der Waals surface area contributed by atoms with E-state index in [0.717, 1.165) is 10.2 Å². The fourth-order valence-corrected chi connectivity index (χ4v) is 3.85. The van der Waals surface area contributed by atoms with Crippen LogP contribution in [0.4, 0.5) is 11.4 Å². The molecule has 0 bridgehead atoms. The number of non-ortho nitro benzene ring substituents is 1. The van der Waals surface area contributed by atoms with Gasteiger partial charge in [0.05, 0.1) is 22.2 Å². The van der Waals surface area contributed by atoms with Gasteiger partial charge in [0.15, 0.2) is 0 Å². The lowest BCUT2D eigenvalue weighted by molar-refractivity contribution is -0.384. The van der Waals surface area contributed by atoms with Gasteiger partial charge in [-0.25, -0.2) is 4.98 Å². The van der Waals surface area contributed by atoms with E-state index in [2.05, 4.69) is 25.8 Å². The molecule has 3 aromatic rings.